The van der Waals surface area contributed by atoms with Crippen LogP contribution in [0.1, 0.15) is 22.5 Å². The van der Waals surface area contributed by atoms with Crippen LogP contribution in [0.3, 0.4) is 0 Å². The third kappa shape index (κ3) is 6.54. The van der Waals surface area contributed by atoms with Gasteiger partial charge in [0.2, 0.25) is 5.91 Å². The number of hydrogen-bond acceptors (Lipinski definition) is 5. The molecule has 0 aliphatic carbocycles. The molecule has 2 aromatic carbocycles. The second-order valence-corrected chi connectivity index (χ2v) is 8.54. The van der Waals surface area contributed by atoms with Gasteiger partial charge in [-0.25, -0.2) is 0 Å². The molecule has 4 rings (SSSR count). The number of thioether (sulfide) groups is 1. The third-order valence-electron chi connectivity index (χ3n) is 4.83. The molecule has 166 valence electrons. The second-order valence-electron chi connectivity index (χ2n) is 7.19. The molecule has 0 saturated heterocycles. The molecule has 0 atom stereocenters. The van der Waals surface area contributed by atoms with Crippen LogP contribution in [-0.2, 0) is 23.6 Å². The highest BCUT2D eigenvalue weighted by Gasteiger charge is 2.14. The van der Waals surface area contributed by atoms with E-state index in [2.05, 4.69) is 32.6 Å². The summed E-state index contributed by atoms with van der Waals surface area (Å²) in [5, 5.41) is 13.0. The SMILES string of the molecule is O=C(/C=C/c1ccccc1Cl)NCc1nnc(SCc2ccncc2)n1Cc1ccccc1. The molecule has 0 aliphatic heterocycles. The predicted octanol–water partition coefficient (Wildman–Crippen LogP) is 5.00. The van der Waals surface area contributed by atoms with Crippen LogP contribution >= 0.6 is 23.4 Å². The maximum absolute atomic E-state index is 12.4. The van der Waals surface area contributed by atoms with Crippen molar-refractivity contribution >= 4 is 35.3 Å². The maximum Gasteiger partial charge on any atom is 0.244 e. The highest BCUT2D eigenvalue weighted by Crippen LogP contribution is 2.23. The Bertz CT molecular complexity index is 1230. The molecule has 6 nitrogen and oxygen atoms in total. The van der Waals surface area contributed by atoms with Crippen molar-refractivity contribution in [1.82, 2.24) is 25.1 Å². The summed E-state index contributed by atoms with van der Waals surface area (Å²) in [4.78, 5) is 16.4. The van der Waals surface area contributed by atoms with E-state index in [0.717, 1.165) is 27.6 Å². The lowest BCUT2D eigenvalue weighted by atomic mass is 10.2. The molecular weight excluding hydrogens is 454 g/mol. The fourth-order valence-corrected chi connectivity index (χ4v) is 4.22. The Hall–Kier alpha value is -3.42. The summed E-state index contributed by atoms with van der Waals surface area (Å²) in [6, 6.07) is 21.5. The van der Waals surface area contributed by atoms with E-state index in [1.54, 1.807) is 36.3 Å². The molecule has 0 radical (unpaired) electrons. The Labute approximate surface area is 201 Å². The van der Waals surface area contributed by atoms with Gasteiger partial charge in [-0.2, -0.15) is 0 Å². The molecule has 4 aromatic rings. The number of amides is 1. The molecule has 0 fully saturated rings. The van der Waals surface area contributed by atoms with Crippen LogP contribution in [0.5, 0.6) is 0 Å². The number of benzene rings is 2. The normalized spacial score (nSPS) is 11.1. The third-order valence-corrected chi connectivity index (χ3v) is 6.22. The largest absolute Gasteiger partial charge is 0.345 e. The van der Waals surface area contributed by atoms with Gasteiger partial charge in [0, 0.05) is 29.2 Å². The van der Waals surface area contributed by atoms with E-state index in [1.165, 1.54) is 6.08 Å². The van der Waals surface area contributed by atoms with E-state index < -0.39 is 0 Å². The quantitative estimate of drug-likeness (QED) is 0.272. The van der Waals surface area contributed by atoms with Crippen molar-refractivity contribution < 1.29 is 4.79 Å². The number of rotatable bonds is 9. The molecule has 2 heterocycles. The second kappa shape index (κ2) is 11.4. The minimum atomic E-state index is -0.227. The van der Waals surface area contributed by atoms with Gasteiger partial charge >= 0.3 is 0 Å². The molecule has 0 saturated carbocycles. The molecule has 33 heavy (non-hydrogen) atoms. The highest BCUT2D eigenvalue weighted by atomic mass is 35.5. The molecule has 8 heteroatoms. The first-order chi connectivity index (χ1) is 16.2. The molecular formula is C25H22ClN5OS. The molecule has 1 N–H and O–H groups in total. The van der Waals surface area contributed by atoms with Crippen molar-refractivity contribution in [3.63, 3.8) is 0 Å². The summed E-state index contributed by atoms with van der Waals surface area (Å²) >= 11 is 7.75. The lowest BCUT2D eigenvalue weighted by molar-refractivity contribution is -0.116. The number of nitrogens with one attached hydrogen (secondary N) is 1. The van der Waals surface area contributed by atoms with Crippen LogP contribution in [0.15, 0.2) is 90.4 Å². The number of hydrogen-bond donors (Lipinski definition) is 1. The highest BCUT2D eigenvalue weighted by molar-refractivity contribution is 7.98. The number of nitrogens with zero attached hydrogens (tertiary/aromatic N) is 4. The zero-order valence-corrected chi connectivity index (χ0v) is 19.3. The van der Waals surface area contributed by atoms with Crippen molar-refractivity contribution in [3.05, 3.63) is 113 Å². The molecule has 1 amide bonds. The Morgan fingerprint density at radius 2 is 1.73 bits per heavy atom. The average molecular weight is 476 g/mol. The van der Waals surface area contributed by atoms with Gasteiger partial charge in [0.15, 0.2) is 11.0 Å². The summed E-state index contributed by atoms with van der Waals surface area (Å²) in [5.74, 6) is 1.22. The number of carbonyl (C=O) groups is 1. The Morgan fingerprint density at radius 3 is 2.52 bits per heavy atom. The first kappa shape index (κ1) is 22.8. The van der Waals surface area contributed by atoms with E-state index in [1.807, 2.05) is 53.1 Å². The van der Waals surface area contributed by atoms with Crippen LogP contribution in [0, 0.1) is 0 Å². The van der Waals surface area contributed by atoms with Gasteiger partial charge in [-0.3, -0.25) is 9.78 Å². The van der Waals surface area contributed by atoms with Crippen LogP contribution in [0.4, 0.5) is 0 Å². The Kier molecular flexibility index (Phi) is 7.90. The monoisotopic (exact) mass is 475 g/mol. The molecule has 0 bridgehead atoms. The van der Waals surface area contributed by atoms with Gasteiger partial charge in [0.1, 0.15) is 0 Å². The van der Waals surface area contributed by atoms with Crippen LogP contribution in [-0.4, -0.2) is 25.7 Å². The maximum atomic E-state index is 12.4. The standard InChI is InChI=1S/C25H22ClN5OS/c26-22-9-5-4-8-21(22)10-11-24(32)28-16-23-29-30-25(33-18-20-12-14-27-15-13-20)31(23)17-19-6-2-1-3-7-19/h1-15H,16-18H2,(H,28,32)/b11-10+. The average Bonchev–Trinajstić information content (AvgIpc) is 3.23. The van der Waals surface area contributed by atoms with E-state index in [0.29, 0.717) is 17.4 Å². The van der Waals surface area contributed by atoms with E-state index in [-0.39, 0.29) is 12.5 Å². The van der Waals surface area contributed by atoms with Crippen LogP contribution < -0.4 is 5.32 Å². The van der Waals surface area contributed by atoms with Gasteiger partial charge in [-0.05, 0) is 41.0 Å². The van der Waals surface area contributed by atoms with E-state index in [4.69, 9.17) is 11.6 Å². The van der Waals surface area contributed by atoms with Gasteiger partial charge in [-0.15, -0.1) is 10.2 Å². The summed E-state index contributed by atoms with van der Waals surface area (Å²) in [6.45, 7) is 0.883. The fourth-order valence-electron chi connectivity index (χ4n) is 3.11. The van der Waals surface area contributed by atoms with E-state index in [9.17, 15) is 4.79 Å². The topological polar surface area (TPSA) is 72.7 Å². The lowest BCUT2D eigenvalue weighted by Gasteiger charge is -2.11. The molecule has 0 unspecified atom stereocenters. The predicted molar refractivity (Wildman–Crippen MR) is 132 cm³/mol. The van der Waals surface area contributed by atoms with Crippen LogP contribution in [0.2, 0.25) is 5.02 Å². The zero-order valence-electron chi connectivity index (χ0n) is 17.8. The van der Waals surface area contributed by atoms with Gasteiger partial charge in [-0.1, -0.05) is 71.9 Å². The fraction of sp³-hybridized carbons (Fsp3) is 0.120. The lowest BCUT2D eigenvalue weighted by Crippen LogP contribution is -2.23. The van der Waals surface area contributed by atoms with E-state index >= 15 is 0 Å². The van der Waals surface area contributed by atoms with Crippen molar-refractivity contribution in [3.8, 4) is 0 Å². The Balaban J connectivity index is 1.46. The van der Waals surface area contributed by atoms with Crippen molar-refractivity contribution in [1.29, 1.82) is 0 Å². The number of carbonyl (C=O) groups excluding carboxylic acids is 1. The first-order valence-corrected chi connectivity index (χ1v) is 11.7. The van der Waals surface area contributed by atoms with Gasteiger partial charge < -0.3 is 9.88 Å². The van der Waals surface area contributed by atoms with Gasteiger partial charge in [0.25, 0.3) is 0 Å². The number of aromatic nitrogens is 4. The molecule has 0 aliphatic rings. The Morgan fingerprint density at radius 1 is 0.970 bits per heavy atom. The number of pyridine rings is 1. The molecule has 0 spiro atoms. The zero-order chi connectivity index (χ0) is 22.9. The minimum absolute atomic E-state index is 0.227. The summed E-state index contributed by atoms with van der Waals surface area (Å²) in [5.41, 5.74) is 3.08. The van der Waals surface area contributed by atoms with Crippen LogP contribution in [0.25, 0.3) is 6.08 Å². The first-order valence-electron chi connectivity index (χ1n) is 10.4. The summed E-state index contributed by atoms with van der Waals surface area (Å²) in [7, 11) is 0. The molecule has 2 aromatic heterocycles. The van der Waals surface area contributed by atoms with Crippen molar-refractivity contribution in [2.75, 3.05) is 0 Å². The minimum Gasteiger partial charge on any atom is -0.345 e. The number of halogens is 1. The summed E-state index contributed by atoms with van der Waals surface area (Å²) in [6.07, 6.45) is 6.73. The van der Waals surface area contributed by atoms with Crippen molar-refractivity contribution in [2.24, 2.45) is 0 Å². The van der Waals surface area contributed by atoms with Crippen molar-refractivity contribution in [2.45, 2.75) is 24.0 Å². The summed E-state index contributed by atoms with van der Waals surface area (Å²) < 4.78 is 2.04. The smallest absolute Gasteiger partial charge is 0.244 e. The van der Waals surface area contributed by atoms with Gasteiger partial charge in [0.05, 0.1) is 13.1 Å².